The van der Waals surface area contributed by atoms with E-state index in [0.29, 0.717) is 10.8 Å². The normalized spacial score (nSPS) is 45.5. The van der Waals surface area contributed by atoms with Crippen LogP contribution < -0.4 is 0 Å². The summed E-state index contributed by atoms with van der Waals surface area (Å²) in [5.41, 5.74) is 3.20. The number of hydrogen-bond donors (Lipinski definition) is 1. The Labute approximate surface area is 189 Å². The Morgan fingerprint density at radius 3 is 2.52 bits per heavy atom. The maximum Gasteiger partial charge on any atom is 0.0587 e. The lowest BCUT2D eigenvalue weighted by atomic mass is 9.44. The molecule has 4 aliphatic rings. The summed E-state index contributed by atoms with van der Waals surface area (Å²) >= 11 is 0. The molecule has 3 nitrogen and oxygen atoms in total. The molecule has 0 aliphatic heterocycles. The molecule has 9 atom stereocenters. The second-order valence-corrected chi connectivity index (χ2v) is 12.5. The van der Waals surface area contributed by atoms with Crippen molar-refractivity contribution in [2.45, 2.75) is 104 Å². The lowest BCUT2D eigenvalue weighted by Gasteiger charge is -2.61. The van der Waals surface area contributed by atoms with E-state index >= 15 is 0 Å². The molecular formula is C28H44N2O. The summed E-state index contributed by atoms with van der Waals surface area (Å²) in [7, 11) is 0. The van der Waals surface area contributed by atoms with Crippen molar-refractivity contribution < 1.29 is 5.11 Å². The zero-order valence-corrected chi connectivity index (χ0v) is 20.3. The Kier molecular flexibility index (Phi) is 5.72. The summed E-state index contributed by atoms with van der Waals surface area (Å²) in [6.45, 7) is 9.82. The van der Waals surface area contributed by atoms with Gasteiger partial charge in [-0.1, -0.05) is 20.8 Å². The molecule has 1 N–H and O–H groups in total. The molecule has 4 aliphatic carbocycles. The molecule has 3 heteroatoms. The van der Waals surface area contributed by atoms with E-state index < -0.39 is 0 Å². The minimum atomic E-state index is -0.0292. The number of aryl methyl sites for hydroxylation is 2. The zero-order chi connectivity index (χ0) is 21.8. The quantitative estimate of drug-likeness (QED) is 0.610. The predicted molar refractivity (Wildman–Crippen MR) is 125 cm³/mol. The van der Waals surface area contributed by atoms with Crippen LogP contribution in [0.4, 0.5) is 0 Å². The molecule has 0 saturated heterocycles. The van der Waals surface area contributed by atoms with E-state index in [1.165, 1.54) is 51.4 Å². The molecule has 0 aromatic carbocycles. The third kappa shape index (κ3) is 3.67. The molecular weight excluding hydrogens is 380 g/mol. The van der Waals surface area contributed by atoms with Crippen molar-refractivity contribution >= 4 is 0 Å². The zero-order valence-electron chi connectivity index (χ0n) is 20.3. The lowest BCUT2D eigenvalue weighted by Crippen LogP contribution is -2.54. The molecule has 172 valence electrons. The van der Waals surface area contributed by atoms with Crippen molar-refractivity contribution in [1.29, 1.82) is 0 Å². The largest absolute Gasteiger partial charge is 0.393 e. The van der Waals surface area contributed by atoms with E-state index in [4.69, 9.17) is 0 Å². The van der Waals surface area contributed by atoms with Crippen LogP contribution in [-0.4, -0.2) is 21.2 Å². The molecule has 5 rings (SSSR count). The maximum absolute atomic E-state index is 10.3. The number of hydrogen-bond acceptors (Lipinski definition) is 3. The summed E-state index contributed by atoms with van der Waals surface area (Å²) in [5, 5.41) is 10.3. The third-order valence-electron chi connectivity index (χ3n) is 11.1. The van der Waals surface area contributed by atoms with Crippen LogP contribution in [0.15, 0.2) is 12.4 Å². The average Bonchev–Trinajstić information content (AvgIpc) is 3.11. The predicted octanol–water partition coefficient (Wildman–Crippen LogP) is 6.37. The highest BCUT2D eigenvalue weighted by Crippen LogP contribution is 2.68. The minimum Gasteiger partial charge on any atom is -0.393 e. The maximum atomic E-state index is 10.3. The van der Waals surface area contributed by atoms with Crippen molar-refractivity contribution in [3.05, 3.63) is 23.8 Å². The number of fused-ring (bicyclic) bond motifs is 5. The van der Waals surface area contributed by atoms with Crippen LogP contribution in [0.3, 0.4) is 0 Å². The first kappa shape index (κ1) is 21.9. The Balaban J connectivity index is 1.28. The Hall–Kier alpha value is -0.960. The van der Waals surface area contributed by atoms with Gasteiger partial charge in [-0.25, -0.2) is 0 Å². The molecule has 0 spiro atoms. The topological polar surface area (TPSA) is 46.0 Å². The van der Waals surface area contributed by atoms with E-state index in [9.17, 15) is 5.11 Å². The molecule has 8 unspecified atom stereocenters. The fourth-order valence-electron chi connectivity index (χ4n) is 9.34. The highest BCUT2D eigenvalue weighted by atomic mass is 16.3. The van der Waals surface area contributed by atoms with Crippen LogP contribution in [-0.2, 0) is 6.42 Å². The van der Waals surface area contributed by atoms with Gasteiger partial charge >= 0.3 is 0 Å². The van der Waals surface area contributed by atoms with E-state index in [1.54, 1.807) is 0 Å². The van der Waals surface area contributed by atoms with E-state index in [0.717, 1.165) is 66.2 Å². The molecule has 0 bridgehead atoms. The van der Waals surface area contributed by atoms with E-state index in [2.05, 4.69) is 30.7 Å². The Morgan fingerprint density at radius 1 is 0.968 bits per heavy atom. The smallest absolute Gasteiger partial charge is 0.0587 e. The molecule has 0 amide bonds. The molecule has 4 fully saturated rings. The molecule has 0 radical (unpaired) electrons. The fourth-order valence-corrected chi connectivity index (χ4v) is 9.34. The van der Waals surface area contributed by atoms with Gasteiger partial charge < -0.3 is 5.11 Å². The van der Waals surface area contributed by atoms with Gasteiger partial charge in [-0.2, -0.15) is 0 Å². The van der Waals surface area contributed by atoms with Crippen LogP contribution in [0.25, 0.3) is 0 Å². The Morgan fingerprint density at radius 2 is 1.74 bits per heavy atom. The van der Waals surface area contributed by atoms with Gasteiger partial charge in [0.15, 0.2) is 0 Å². The van der Waals surface area contributed by atoms with Gasteiger partial charge in [-0.3, -0.25) is 9.97 Å². The molecule has 31 heavy (non-hydrogen) atoms. The molecule has 4 saturated carbocycles. The molecule has 1 aromatic rings. The standard InChI is InChI=1S/C28H44N2O/c1-18(5-7-21-17-29-19(2)16-30-21)24-9-10-25-23-8-6-20-15-22(31)11-13-27(20,3)26(23)12-14-28(24,25)4/h16-18,20,22-26,31H,5-15H2,1-4H3/t18?,20?,22?,23?,24?,25?,26?,27?,28-/m1/s1. The monoisotopic (exact) mass is 424 g/mol. The molecule has 1 heterocycles. The van der Waals surface area contributed by atoms with Gasteiger partial charge in [0.25, 0.3) is 0 Å². The minimum absolute atomic E-state index is 0.0292. The lowest BCUT2D eigenvalue weighted by molar-refractivity contribution is -0.129. The number of nitrogens with zero attached hydrogens (tertiary/aromatic N) is 2. The summed E-state index contributed by atoms with van der Waals surface area (Å²) in [4.78, 5) is 9.05. The summed E-state index contributed by atoms with van der Waals surface area (Å²) < 4.78 is 0. The first-order chi connectivity index (χ1) is 14.8. The SMILES string of the molecule is Cc1cnc(CCC(C)C2CCC3C4CCC5CC(O)CCC5(C)C4CC[C@]23C)cn1. The van der Waals surface area contributed by atoms with Crippen LogP contribution >= 0.6 is 0 Å². The number of aliphatic hydroxyl groups is 1. The van der Waals surface area contributed by atoms with E-state index in [-0.39, 0.29) is 6.10 Å². The van der Waals surface area contributed by atoms with Crippen LogP contribution in [0, 0.1) is 53.3 Å². The third-order valence-corrected chi connectivity index (χ3v) is 11.1. The van der Waals surface area contributed by atoms with Crippen LogP contribution in [0.1, 0.15) is 96.4 Å². The summed E-state index contributed by atoms with van der Waals surface area (Å²) in [5.74, 6) is 5.20. The fraction of sp³-hybridized carbons (Fsp3) is 0.857. The van der Waals surface area contributed by atoms with Crippen molar-refractivity contribution in [3.63, 3.8) is 0 Å². The van der Waals surface area contributed by atoms with Gasteiger partial charge in [-0.15, -0.1) is 0 Å². The second-order valence-electron chi connectivity index (χ2n) is 12.5. The highest BCUT2D eigenvalue weighted by Gasteiger charge is 2.60. The number of aliphatic hydroxyl groups excluding tert-OH is 1. The first-order valence-electron chi connectivity index (χ1n) is 13.3. The van der Waals surface area contributed by atoms with Crippen molar-refractivity contribution in [2.24, 2.45) is 46.3 Å². The Bertz CT molecular complexity index is 778. The second kappa shape index (κ2) is 8.12. The van der Waals surface area contributed by atoms with Crippen molar-refractivity contribution in [2.75, 3.05) is 0 Å². The van der Waals surface area contributed by atoms with Gasteiger partial charge in [0.1, 0.15) is 0 Å². The van der Waals surface area contributed by atoms with Gasteiger partial charge in [0.2, 0.25) is 0 Å². The van der Waals surface area contributed by atoms with Gasteiger partial charge in [0, 0.05) is 12.4 Å². The van der Waals surface area contributed by atoms with Gasteiger partial charge in [0.05, 0.1) is 17.5 Å². The van der Waals surface area contributed by atoms with Crippen molar-refractivity contribution in [3.8, 4) is 0 Å². The first-order valence-corrected chi connectivity index (χ1v) is 13.3. The van der Waals surface area contributed by atoms with Crippen LogP contribution in [0.5, 0.6) is 0 Å². The summed E-state index contributed by atoms with van der Waals surface area (Å²) in [6, 6.07) is 0. The number of aromatic nitrogens is 2. The van der Waals surface area contributed by atoms with E-state index in [1.807, 2.05) is 19.3 Å². The highest BCUT2D eigenvalue weighted by molar-refractivity contribution is 5.10. The molecule has 1 aromatic heterocycles. The summed E-state index contributed by atoms with van der Waals surface area (Å²) in [6.07, 6.45) is 18.1. The number of rotatable bonds is 4. The van der Waals surface area contributed by atoms with Crippen LogP contribution in [0.2, 0.25) is 0 Å². The average molecular weight is 425 g/mol. The van der Waals surface area contributed by atoms with Crippen molar-refractivity contribution in [1.82, 2.24) is 9.97 Å². The van der Waals surface area contributed by atoms with Gasteiger partial charge in [-0.05, 0) is 124 Å².